The van der Waals surface area contributed by atoms with E-state index < -0.39 is 5.67 Å². The van der Waals surface area contributed by atoms with Gasteiger partial charge in [-0.05, 0) is 19.9 Å². The number of alkyl halides is 1. The number of hydrogen-bond acceptors (Lipinski definition) is 1. The van der Waals surface area contributed by atoms with Crippen LogP contribution in [0.2, 0.25) is 0 Å². The van der Waals surface area contributed by atoms with Gasteiger partial charge in [-0.15, -0.1) is 0 Å². The quantitative estimate of drug-likeness (QED) is 0.656. The second kappa shape index (κ2) is 5.53. The fourth-order valence-corrected chi connectivity index (χ4v) is 1.50. The third kappa shape index (κ3) is 3.71. The maximum Gasteiger partial charge on any atom is 0.123 e. The summed E-state index contributed by atoms with van der Waals surface area (Å²) < 4.78 is 13.3. The van der Waals surface area contributed by atoms with Crippen LogP contribution < -0.4 is 5.32 Å². The topological polar surface area (TPSA) is 12.0 Å². The van der Waals surface area contributed by atoms with Gasteiger partial charge in [0.1, 0.15) is 5.67 Å². The third-order valence-corrected chi connectivity index (χ3v) is 1.99. The van der Waals surface area contributed by atoms with Gasteiger partial charge in [-0.1, -0.05) is 26.7 Å². The normalized spacial score (nSPS) is 20.7. The van der Waals surface area contributed by atoms with Gasteiger partial charge in [-0.25, -0.2) is 4.39 Å². The molecule has 0 heterocycles. The highest BCUT2D eigenvalue weighted by Crippen LogP contribution is 2.32. The average Bonchev–Trinajstić information content (AvgIpc) is 2.41. The van der Waals surface area contributed by atoms with E-state index in [9.17, 15) is 4.39 Å². The van der Waals surface area contributed by atoms with E-state index in [4.69, 9.17) is 0 Å². The minimum Gasteiger partial charge on any atom is -0.317 e. The predicted octanol–water partition coefficient (Wildman–Crippen LogP) is 2.51. The molecule has 0 aromatic carbocycles. The molecule has 1 aliphatic carbocycles. The Labute approximate surface area is 69.4 Å². The minimum absolute atomic E-state index is 0.535. The van der Waals surface area contributed by atoms with Gasteiger partial charge in [0.2, 0.25) is 0 Å². The van der Waals surface area contributed by atoms with Gasteiger partial charge in [0.25, 0.3) is 0 Å². The zero-order valence-corrected chi connectivity index (χ0v) is 7.91. The van der Waals surface area contributed by atoms with Crippen molar-refractivity contribution >= 4 is 0 Å². The van der Waals surface area contributed by atoms with E-state index in [0.29, 0.717) is 6.54 Å². The Morgan fingerprint density at radius 2 is 1.73 bits per heavy atom. The highest BCUT2D eigenvalue weighted by Gasteiger charge is 2.32. The first-order valence-electron chi connectivity index (χ1n) is 4.60. The molecule has 1 aliphatic rings. The summed E-state index contributed by atoms with van der Waals surface area (Å²) in [5.41, 5.74) is -0.866. The molecular weight excluding hydrogens is 141 g/mol. The average molecular weight is 161 g/mol. The van der Waals surface area contributed by atoms with Crippen molar-refractivity contribution in [2.45, 2.75) is 45.2 Å². The van der Waals surface area contributed by atoms with Crippen molar-refractivity contribution in [3.63, 3.8) is 0 Å². The Morgan fingerprint density at radius 3 is 2.09 bits per heavy atom. The molecule has 1 rings (SSSR count). The lowest BCUT2D eigenvalue weighted by atomic mass is 10.1. The van der Waals surface area contributed by atoms with Crippen LogP contribution in [0.1, 0.15) is 39.5 Å². The molecule has 1 nitrogen and oxygen atoms in total. The standard InChI is InChI=1S/C7H14FN.C2H6/c1-9-6-7(8)4-2-3-5-7;1-2/h9H,2-6H2,1H3;1-2H3. The molecule has 68 valence electrons. The van der Waals surface area contributed by atoms with Crippen LogP contribution in [0.4, 0.5) is 4.39 Å². The van der Waals surface area contributed by atoms with E-state index in [1.54, 1.807) is 7.05 Å². The second-order valence-electron chi connectivity index (χ2n) is 2.89. The molecule has 0 aromatic heterocycles. The van der Waals surface area contributed by atoms with E-state index in [2.05, 4.69) is 5.32 Å². The first-order valence-corrected chi connectivity index (χ1v) is 4.60. The zero-order chi connectivity index (χ0) is 8.74. The van der Waals surface area contributed by atoms with Crippen LogP contribution in [0.5, 0.6) is 0 Å². The van der Waals surface area contributed by atoms with E-state index in [-0.39, 0.29) is 0 Å². The van der Waals surface area contributed by atoms with Crippen molar-refractivity contribution in [2.75, 3.05) is 13.6 Å². The molecule has 0 amide bonds. The van der Waals surface area contributed by atoms with Crippen molar-refractivity contribution in [2.24, 2.45) is 0 Å². The first kappa shape index (κ1) is 10.9. The van der Waals surface area contributed by atoms with Crippen LogP contribution in [-0.4, -0.2) is 19.3 Å². The maximum atomic E-state index is 13.3. The molecule has 1 fully saturated rings. The molecule has 0 aliphatic heterocycles. The molecule has 0 atom stereocenters. The lowest BCUT2D eigenvalue weighted by Gasteiger charge is -2.17. The van der Waals surface area contributed by atoms with Gasteiger partial charge < -0.3 is 5.32 Å². The van der Waals surface area contributed by atoms with Crippen molar-refractivity contribution < 1.29 is 4.39 Å². The highest BCUT2D eigenvalue weighted by atomic mass is 19.1. The number of hydrogen-bond donors (Lipinski definition) is 1. The summed E-state index contributed by atoms with van der Waals surface area (Å²) in [5, 5.41) is 2.88. The number of halogens is 1. The molecule has 0 unspecified atom stereocenters. The smallest absolute Gasteiger partial charge is 0.123 e. The summed E-state index contributed by atoms with van der Waals surface area (Å²) in [6.07, 6.45) is 3.65. The third-order valence-electron chi connectivity index (χ3n) is 1.99. The van der Waals surface area contributed by atoms with Gasteiger partial charge in [-0.3, -0.25) is 0 Å². The molecule has 0 saturated heterocycles. The van der Waals surface area contributed by atoms with Crippen molar-refractivity contribution in [3.05, 3.63) is 0 Å². The van der Waals surface area contributed by atoms with Gasteiger partial charge >= 0.3 is 0 Å². The molecule has 1 N–H and O–H groups in total. The van der Waals surface area contributed by atoms with E-state index in [0.717, 1.165) is 25.7 Å². The summed E-state index contributed by atoms with van der Waals surface area (Å²) in [5.74, 6) is 0. The van der Waals surface area contributed by atoms with Gasteiger partial charge in [0.05, 0.1) is 0 Å². The SMILES string of the molecule is CC.CNCC1(F)CCCC1. The summed E-state index contributed by atoms with van der Waals surface area (Å²) >= 11 is 0. The zero-order valence-electron chi connectivity index (χ0n) is 7.91. The summed E-state index contributed by atoms with van der Waals surface area (Å²) in [7, 11) is 1.81. The fourth-order valence-electron chi connectivity index (χ4n) is 1.50. The number of rotatable bonds is 2. The predicted molar refractivity (Wildman–Crippen MR) is 47.6 cm³/mol. The molecule has 1 saturated carbocycles. The maximum absolute atomic E-state index is 13.3. The Bertz CT molecular complexity index is 87.6. The molecule has 0 spiro atoms. The summed E-state index contributed by atoms with van der Waals surface area (Å²) in [6, 6.07) is 0. The van der Waals surface area contributed by atoms with Crippen LogP contribution in [0.15, 0.2) is 0 Å². The van der Waals surface area contributed by atoms with Crippen molar-refractivity contribution in [3.8, 4) is 0 Å². The summed E-state index contributed by atoms with van der Waals surface area (Å²) in [4.78, 5) is 0. The van der Waals surface area contributed by atoms with Crippen LogP contribution >= 0.6 is 0 Å². The molecule has 0 radical (unpaired) electrons. The van der Waals surface area contributed by atoms with Crippen molar-refractivity contribution in [1.82, 2.24) is 5.32 Å². The Hall–Kier alpha value is -0.110. The van der Waals surface area contributed by atoms with Gasteiger partial charge in [-0.2, -0.15) is 0 Å². The Morgan fingerprint density at radius 1 is 1.27 bits per heavy atom. The molecule has 0 aromatic rings. The molecular formula is C9H20FN. The van der Waals surface area contributed by atoms with Crippen LogP contribution in [0.3, 0.4) is 0 Å². The molecule has 0 bridgehead atoms. The van der Waals surface area contributed by atoms with Crippen LogP contribution in [0, 0.1) is 0 Å². The Balaban J connectivity index is 0.000000461. The van der Waals surface area contributed by atoms with Crippen molar-refractivity contribution in [1.29, 1.82) is 0 Å². The monoisotopic (exact) mass is 161 g/mol. The van der Waals surface area contributed by atoms with Crippen LogP contribution in [-0.2, 0) is 0 Å². The van der Waals surface area contributed by atoms with Crippen LogP contribution in [0.25, 0.3) is 0 Å². The van der Waals surface area contributed by atoms with E-state index in [1.807, 2.05) is 13.8 Å². The van der Waals surface area contributed by atoms with E-state index in [1.165, 1.54) is 0 Å². The largest absolute Gasteiger partial charge is 0.317 e. The lowest BCUT2D eigenvalue weighted by Crippen LogP contribution is -2.31. The Kier molecular flexibility index (Phi) is 5.47. The van der Waals surface area contributed by atoms with Gasteiger partial charge in [0, 0.05) is 6.54 Å². The summed E-state index contributed by atoms with van der Waals surface area (Å²) in [6.45, 7) is 4.53. The number of nitrogens with one attached hydrogen (secondary N) is 1. The highest BCUT2D eigenvalue weighted by molar-refractivity contribution is 4.86. The fraction of sp³-hybridized carbons (Fsp3) is 1.00. The van der Waals surface area contributed by atoms with Gasteiger partial charge in [0.15, 0.2) is 0 Å². The first-order chi connectivity index (χ1) is 5.27. The molecule has 11 heavy (non-hydrogen) atoms. The minimum atomic E-state index is -0.866. The second-order valence-corrected chi connectivity index (χ2v) is 2.89. The lowest BCUT2D eigenvalue weighted by molar-refractivity contribution is 0.172. The molecule has 2 heteroatoms. The van der Waals surface area contributed by atoms with E-state index >= 15 is 0 Å².